The van der Waals surface area contributed by atoms with E-state index in [0.717, 1.165) is 16.0 Å². The Morgan fingerprint density at radius 2 is 1.77 bits per heavy atom. The number of methoxy groups -OCH3 is 1. The monoisotopic (exact) mass is 638 g/mol. The normalized spacial score (nSPS) is 23.8. The Morgan fingerprint density at radius 3 is 2.28 bits per heavy atom. The van der Waals surface area contributed by atoms with Crippen LogP contribution in [0.5, 0.6) is 0 Å². The van der Waals surface area contributed by atoms with Crippen LogP contribution in [-0.4, -0.2) is 64.4 Å². The number of carbonyl (C=O) groups is 2. The number of hydrogen-bond donors (Lipinski definition) is 1. The Kier molecular flexibility index (Phi) is 7.89. The van der Waals surface area contributed by atoms with Crippen molar-refractivity contribution in [3.63, 3.8) is 0 Å². The minimum absolute atomic E-state index is 0.00919. The molecule has 4 rings (SSSR count). The molecule has 1 aliphatic carbocycles. The predicted octanol–water partition coefficient (Wildman–Crippen LogP) is 5.65. The van der Waals surface area contributed by atoms with Gasteiger partial charge in [-0.05, 0) is 44.0 Å². The minimum Gasteiger partial charge on any atom is -0.379 e. The van der Waals surface area contributed by atoms with Gasteiger partial charge in [-0.15, -0.1) is 0 Å². The van der Waals surface area contributed by atoms with Crippen molar-refractivity contribution < 1.29 is 42.5 Å². The van der Waals surface area contributed by atoms with E-state index < -0.39 is 75.1 Å². The molecule has 43 heavy (non-hydrogen) atoms. The number of likely N-dealkylation sites (tertiary alicyclic amines) is 1. The van der Waals surface area contributed by atoms with Crippen LogP contribution in [0.3, 0.4) is 0 Å². The molecule has 1 saturated carbocycles. The molecule has 17 heteroatoms. The van der Waals surface area contributed by atoms with Crippen LogP contribution in [0, 0.1) is 11.5 Å². The number of anilines is 1. The number of amides is 2. The van der Waals surface area contributed by atoms with Crippen molar-refractivity contribution in [2.75, 3.05) is 18.6 Å². The van der Waals surface area contributed by atoms with Crippen molar-refractivity contribution in [3.05, 3.63) is 48.5 Å². The molecule has 1 aromatic carbocycles. The van der Waals surface area contributed by atoms with Gasteiger partial charge in [-0.1, -0.05) is 19.4 Å². The Morgan fingerprint density at radius 1 is 1.14 bits per heavy atom. The van der Waals surface area contributed by atoms with Gasteiger partial charge in [-0.3, -0.25) is 29.4 Å². The van der Waals surface area contributed by atoms with Crippen LogP contribution in [0.4, 0.5) is 33.9 Å². The van der Waals surface area contributed by atoms with Crippen molar-refractivity contribution in [1.29, 1.82) is 5.26 Å². The molecule has 1 saturated heterocycles. The fourth-order valence-electron chi connectivity index (χ4n) is 5.31. The van der Waals surface area contributed by atoms with Crippen LogP contribution >= 0.6 is 10.2 Å². The zero-order valence-corrected chi connectivity index (χ0v) is 23.8. The molecule has 2 fully saturated rings. The summed E-state index contributed by atoms with van der Waals surface area (Å²) in [4.78, 5) is 36.1. The Labute approximate surface area is 242 Å². The van der Waals surface area contributed by atoms with Gasteiger partial charge in [0.15, 0.2) is 11.7 Å². The number of nitriles is 1. The van der Waals surface area contributed by atoms with Gasteiger partial charge in [0.2, 0.25) is 5.92 Å². The van der Waals surface area contributed by atoms with Crippen LogP contribution in [0.25, 0.3) is 0 Å². The molecule has 2 aromatic rings. The van der Waals surface area contributed by atoms with Crippen molar-refractivity contribution in [3.8, 4) is 6.19 Å². The molecule has 1 N–H and O–H groups in total. The van der Waals surface area contributed by atoms with Crippen molar-refractivity contribution in [2.45, 2.75) is 73.6 Å². The third-order valence-corrected chi connectivity index (χ3v) is 8.94. The van der Waals surface area contributed by atoms with Gasteiger partial charge >= 0.3 is 10.2 Å². The second kappa shape index (κ2) is 10.5. The molecule has 3 unspecified atom stereocenters. The second-order valence-electron chi connectivity index (χ2n) is 10.8. The highest BCUT2D eigenvalue weighted by Crippen LogP contribution is 3.02. The molecule has 2 heterocycles. The lowest BCUT2D eigenvalue weighted by Crippen LogP contribution is -2.62. The van der Waals surface area contributed by atoms with E-state index in [4.69, 9.17) is 4.74 Å². The molecular formula is C26H29F7N6O3S. The molecule has 1 aromatic heterocycles. The predicted molar refractivity (Wildman–Crippen MR) is 142 cm³/mol. The summed E-state index contributed by atoms with van der Waals surface area (Å²) in [6, 6.07) is -0.562. The summed E-state index contributed by atoms with van der Waals surface area (Å²) >= 11 is 0. The minimum atomic E-state index is -10.1. The Balaban J connectivity index is 1.85. The van der Waals surface area contributed by atoms with E-state index >= 15 is 0 Å². The molecule has 2 amide bonds. The van der Waals surface area contributed by atoms with Gasteiger partial charge in [0.25, 0.3) is 11.8 Å². The smallest absolute Gasteiger partial charge is 0.310 e. The average Bonchev–Trinajstić information content (AvgIpc) is 3.37. The van der Waals surface area contributed by atoms with E-state index in [-0.39, 0.29) is 43.6 Å². The van der Waals surface area contributed by atoms with Crippen LogP contribution in [0.2, 0.25) is 0 Å². The molecule has 2 aliphatic rings. The highest BCUT2D eigenvalue weighted by molar-refractivity contribution is 8.45. The number of rotatable bonds is 8. The fraction of sp³-hybridized carbons (Fsp3) is 0.500. The number of nitrogens with one attached hydrogen (secondary N) is 1. The van der Waals surface area contributed by atoms with E-state index in [9.17, 15) is 43.1 Å². The third kappa shape index (κ3) is 6.80. The lowest BCUT2D eigenvalue weighted by Gasteiger charge is -2.43. The summed E-state index contributed by atoms with van der Waals surface area (Å²) in [7, 11) is -8.75. The number of ether oxygens (including phenoxy) is 1. The number of halogens is 7. The van der Waals surface area contributed by atoms with Gasteiger partial charge < -0.3 is 10.1 Å². The molecular weight excluding hydrogens is 609 g/mol. The lowest BCUT2D eigenvalue weighted by atomic mass is 9.88. The Bertz CT molecular complexity index is 1400. The highest BCUT2D eigenvalue weighted by Gasteiger charge is 2.65. The summed E-state index contributed by atoms with van der Waals surface area (Å²) in [6.07, 6.45) is 3.62. The molecule has 0 radical (unpaired) electrons. The molecule has 236 valence electrons. The topological polar surface area (TPSA) is 111 Å². The first kappa shape index (κ1) is 32.3. The first-order valence-electron chi connectivity index (χ1n) is 13.1. The number of nitrogens with zero attached hydrogens (tertiary/aromatic N) is 5. The van der Waals surface area contributed by atoms with Gasteiger partial charge in [0.05, 0.1) is 24.5 Å². The van der Waals surface area contributed by atoms with E-state index in [1.807, 2.05) is 6.19 Å². The lowest BCUT2D eigenvalue weighted by molar-refractivity contribution is -0.133. The van der Waals surface area contributed by atoms with Gasteiger partial charge in [0, 0.05) is 50.5 Å². The first-order valence-corrected chi connectivity index (χ1v) is 15.1. The maximum atomic E-state index is 14.3. The number of alkyl halides is 2. The molecule has 3 atom stereocenters. The van der Waals surface area contributed by atoms with E-state index in [1.165, 1.54) is 26.4 Å². The number of hydrogen-bond acceptors (Lipinski definition) is 7. The molecule has 0 bridgehead atoms. The fourth-order valence-corrected chi connectivity index (χ4v) is 5.96. The summed E-state index contributed by atoms with van der Waals surface area (Å²) in [6.45, 7) is 1.21. The first-order chi connectivity index (χ1) is 19.8. The summed E-state index contributed by atoms with van der Waals surface area (Å²) in [5, 5.41) is 12.4. The molecule has 0 spiro atoms. The van der Waals surface area contributed by atoms with E-state index in [1.54, 1.807) is 0 Å². The summed E-state index contributed by atoms with van der Waals surface area (Å²) in [5.74, 6) is -4.79. The van der Waals surface area contributed by atoms with Gasteiger partial charge in [-0.25, -0.2) is 8.78 Å². The third-order valence-electron chi connectivity index (χ3n) is 7.77. The standard InChI is InChI=1S/C26H29F7N6O3S/c1-25(22-14-35-11-12-36-22,24(41)37-17-7-9-26(27,28)10-8-17)39(23(40)21-13-19(42-2)15-38(21)16-34)18-3-5-20(6-4-18)43(29,30,31,32)33/h3-6,11-12,14,17,19,21H,7-10,13,15H2,1-2H3,(H,37,41). The maximum Gasteiger partial charge on any atom is 0.310 e. The number of aromatic nitrogens is 2. The van der Waals surface area contributed by atoms with Gasteiger partial charge in [-0.2, -0.15) is 5.26 Å². The zero-order valence-electron chi connectivity index (χ0n) is 23.0. The number of carbonyl (C=O) groups excluding carboxylic acids is 2. The quantitative estimate of drug-likeness (QED) is 0.294. The van der Waals surface area contributed by atoms with Gasteiger partial charge in [0.1, 0.15) is 10.9 Å². The van der Waals surface area contributed by atoms with Crippen molar-refractivity contribution >= 4 is 27.7 Å². The zero-order chi connectivity index (χ0) is 31.9. The Hall–Kier alpha value is -3.65. The van der Waals surface area contributed by atoms with Crippen molar-refractivity contribution in [2.24, 2.45) is 0 Å². The van der Waals surface area contributed by atoms with Crippen LogP contribution in [0.15, 0.2) is 47.8 Å². The van der Waals surface area contributed by atoms with E-state index in [2.05, 4.69) is 15.3 Å². The SMILES string of the molecule is COC1CC(C(=O)N(c2ccc(S(F)(F)(F)(F)F)cc2)C(C)(C(=O)NC2CCC(F)(F)CC2)c2cnccn2)N(C#N)C1. The second-order valence-corrected chi connectivity index (χ2v) is 13.2. The largest absolute Gasteiger partial charge is 0.379 e. The molecule has 1 aliphatic heterocycles. The van der Waals surface area contributed by atoms with Crippen molar-refractivity contribution in [1.82, 2.24) is 20.2 Å². The summed E-state index contributed by atoms with van der Waals surface area (Å²) in [5.41, 5.74) is -2.76. The number of benzene rings is 1. The van der Waals surface area contributed by atoms with Crippen LogP contribution in [0.1, 0.15) is 44.7 Å². The van der Waals surface area contributed by atoms with Crippen LogP contribution in [-0.2, 0) is 19.9 Å². The highest BCUT2D eigenvalue weighted by atomic mass is 32.5. The summed E-state index contributed by atoms with van der Waals surface area (Å²) < 4.78 is 101. The molecule has 9 nitrogen and oxygen atoms in total. The average molecular weight is 639 g/mol. The van der Waals surface area contributed by atoms with E-state index in [0.29, 0.717) is 12.1 Å². The maximum absolute atomic E-state index is 14.3. The van der Waals surface area contributed by atoms with Crippen LogP contribution < -0.4 is 10.2 Å².